The van der Waals surface area contributed by atoms with Crippen molar-refractivity contribution >= 4 is 0 Å². The Bertz CT molecular complexity index is 331. The summed E-state index contributed by atoms with van der Waals surface area (Å²) in [6.07, 6.45) is 2.66. The molecule has 0 aliphatic heterocycles. The molecule has 1 saturated carbocycles. The van der Waals surface area contributed by atoms with Gasteiger partial charge in [-0.3, -0.25) is 0 Å². The molecule has 0 spiro atoms. The maximum atomic E-state index is 3.36. The fourth-order valence-electron chi connectivity index (χ4n) is 3.24. The van der Waals surface area contributed by atoms with Crippen molar-refractivity contribution in [1.82, 2.24) is 5.32 Å². The lowest BCUT2D eigenvalue weighted by molar-refractivity contribution is 0.155. The Morgan fingerprint density at radius 3 is 2.53 bits per heavy atom. The average Bonchev–Trinajstić information content (AvgIpc) is 2.16. The first-order valence-electron chi connectivity index (χ1n) is 5.89. The second-order valence-electron chi connectivity index (χ2n) is 5.14. The van der Waals surface area contributed by atoms with Crippen LogP contribution in [0.1, 0.15) is 30.9 Å². The number of aryl methyl sites for hydroxylation is 1. The van der Waals surface area contributed by atoms with Gasteiger partial charge in [0.25, 0.3) is 0 Å². The standard InChI is InChI=1S/C14H21N/c1-11-8-14(9-11,10-15-3)13-7-5-4-6-12(13)2/h4-7,11,15H,8-10H2,1-3H3. The summed E-state index contributed by atoms with van der Waals surface area (Å²) < 4.78 is 0. The highest BCUT2D eigenvalue weighted by Crippen LogP contribution is 2.48. The molecule has 0 amide bonds. The van der Waals surface area contributed by atoms with Gasteiger partial charge in [-0.1, -0.05) is 31.2 Å². The van der Waals surface area contributed by atoms with Crippen molar-refractivity contribution in [2.45, 2.75) is 32.1 Å². The smallest absolute Gasteiger partial charge is 0.00853 e. The van der Waals surface area contributed by atoms with Crippen LogP contribution in [-0.2, 0) is 5.41 Å². The summed E-state index contributed by atoms with van der Waals surface area (Å²) in [5.74, 6) is 0.887. The van der Waals surface area contributed by atoms with Crippen LogP contribution in [0.15, 0.2) is 24.3 Å². The van der Waals surface area contributed by atoms with Crippen LogP contribution in [0, 0.1) is 12.8 Å². The molecule has 0 bridgehead atoms. The van der Waals surface area contributed by atoms with Gasteiger partial charge < -0.3 is 5.32 Å². The van der Waals surface area contributed by atoms with Crippen molar-refractivity contribution in [2.75, 3.05) is 13.6 Å². The van der Waals surface area contributed by atoms with Gasteiger partial charge >= 0.3 is 0 Å². The first-order chi connectivity index (χ1) is 7.18. The van der Waals surface area contributed by atoms with Crippen molar-refractivity contribution in [1.29, 1.82) is 0 Å². The number of nitrogens with one attached hydrogen (secondary N) is 1. The highest BCUT2D eigenvalue weighted by molar-refractivity contribution is 5.36. The Balaban J connectivity index is 2.30. The second-order valence-corrected chi connectivity index (χ2v) is 5.14. The molecular formula is C14H21N. The molecule has 1 aliphatic rings. The zero-order valence-corrected chi connectivity index (χ0v) is 10.0. The molecule has 1 fully saturated rings. The molecule has 0 heterocycles. The predicted molar refractivity (Wildman–Crippen MR) is 65.2 cm³/mol. The molecule has 1 N–H and O–H groups in total. The van der Waals surface area contributed by atoms with Gasteiger partial charge in [0, 0.05) is 12.0 Å². The lowest BCUT2D eigenvalue weighted by Crippen LogP contribution is -2.47. The van der Waals surface area contributed by atoms with Gasteiger partial charge in [-0.2, -0.15) is 0 Å². The van der Waals surface area contributed by atoms with Crippen molar-refractivity contribution in [3.63, 3.8) is 0 Å². The summed E-state index contributed by atoms with van der Waals surface area (Å²) >= 11 is 0. The van der Waals surface area contributed by atoms with E-state index in [1.54, 1.807) is 5.56 Å². The molecule has 1 aliphatic carbocycles. The molecular weight excluding hydrogens is 182 g/mol. The van der Waals surface area contributed by atoms with E-state index in [-0.39, 0.29) is 0 Å². The minimum absolute atomic E-state index is 0.416. The summed E-state index contributed by atoms with van der Waals surface area (Å²) in [6, 6.07) is 8.84. The molecule has 2 rings (SSSR count). The largest absolute Gasteiger partial charge is 0.319 e. The zero-order chi connectivity index (χ0) is 10.9. The third-order valence-corrected chi connectivity index (χ3v) is 3.71. The molecule has 0 radical (unpaired) electrons. The number of hydrogen-bond donors (Lipinski definition) is 1. The van der Waals surface area contributed by atoms with Gasteiger partial charge in [0.2, 0.25) is 0 Å². The van der Waals surface area contributed by atoms with E-state index >= 15 is 0 Å². The Morgan fingerprint density at radius 2 is 2.00 bits per heavy atom. The average molecular weight is 203 g/mol. The van der Waals surface area contributed by atoms with E-state index in [1.165, 1.54) is 18.4 Å². The van der Waals surface area contributed by atoms with Gasteiger partial charge in [0.05, 0.1) is 0 Å². The highest BCUT2D eigenvalue weighted by atomic mass is 14.8. The van der Waals surface area contributed by atoms with Crippen molar-refractivity contribution < 1.29 is 0 Å². The molecule has 15 heavy (non-hydrogen) atoms. The molecule has 0 aromatic heterocycles. The van der Waals surface area contributed by atoms with E-state index < -0.39 is 0 Å². The fraction of sp³-hybridized carbons (Fsp3) is 0.571. The molecule has 1 heteroatoms. The Hall–Kier alpha value is -0.820. The topological polar surface area (TPSA) is 12.0 Å². The number of benzene rings is 1. The Kier molecular flexibility index (Phi) is 2.83. The summed E-state index contributed by atoms with van der Waals surface area (Å²) in [5.41, 5.74) is 3.41. The first-order valence-corrected chi connectivity index (χ1v) is 5.89. The summed E-state index contributed by atoms with van der Waals surface area (Å²) in [5, 5.41) is 3.36. The van der Waals surface area contributed by atoms with Crippen LogP contribution >= 0.6 is 0 Å². The number of rotatable bonds is 3. The van der Waals surface area contributed by atoms with Gasteiger partial charge in [-0.25, -0.2) is 0 Å². The van der Waals surface area contributed by atoms with E-state index in [9.17, 15) is 0 Å². The normalized spacial score (nSPS) is 29.9. The van der Waals surface area contributed by atoms with Gasteiger partial charge in [-0.15, -0.1) is 0 Å². The third-order valence-electron chi connectivity index (χ3n) is 3.71. The Labute approximate surface area is 92.9 Å². The van der Waals surface area contributed by atoms with E-state index in [2.05, 4.69) is 50.5 Å². The predicted octanol–water partition coefficient (Wildman–Crippen LogP) is 2.88. The van der Waals surface area contributed by atoms with Crippen molar-refractivity contribution in [3.05, 3.63) is 35.4 Å². The van der Waals surface area contributed by atoms with E-state index in [0.717, 1.165) is 12.5 Å². The monoisotopic (exact) mass is 203 g/mol. The summed E-state index contributed by atoms with van der Waals surface area (Å²) in [4.78, 5) is 0. The minimum atomic E-state index is 0.416. The minimum Gasteiger partial charge on any atom is -0.319 e. The maximum Gasteiger partial charge on any atom is 0.00853 e. The lowest BCUT2D eigenvalue weighted by Gasteiger charge is -2.48. The van der Waals surface area contributed by atoms with E-state index in [1.807, 2.05) is 0 Å². The van der Waals surface area contributed by atoms with Crippen LogP contribution in [0.25, 0.3) is 0 Å². The Morgan fingerprint density at radius 1 is 1.33 bits per heavy atom. The summed E-state index contributed by atoms with van der Waals surface area (Å²) in [7, 11) is 2.06. The fourth-order valence-corrected chi connectivity index (χ4v) is 3.24. The van der Waals surface area contributed by atoms with Crippen LogP contribution in [-0.4, -0.2) is 13.6 Å². The second kappa shape index (κ2) is 3.97. The molecule has 1 nitrogen and oxygen atoms in total. The molecule has 0 unspecified atom stereocenters. The van der Waals surface area contributed by atoms with Gasteiger partial charge in [0.15, 0.2) is 0 Å². The molecule has 0 atom stereocenters. The molecule has 1 aromatic carbocycles. The van der Waals surface area contributed by atoms with Crippen LogP contribution in [0.2, 0.25) is 0 Å². The molecule has 1 aromatic rings. The number of likely N-dealkylation sites (N-methyl/N-ethyl adjacent to an activating group) is 1. The van der Waals surface area contributed by atoms with Crippen LogP contribution in [0.3, 0.4) is 0 Å². The quantitative estimate of drug-likeness (QED) is 0.796. The lowest BCUT2D eigenvalue weighted by atomic mass is 9.58. The van der Waals surface area contributed by atoms with Gasteiger partial charge in [0.1, 0.15) is 0 Å². The van der Waals surface area contributed by atoms with Crippen LogP contribution < -0.4 is 5.32 Å². The third kappa shape index (κ3) is 1.81. The SMILES string of the molecule is CNCC1(c2ccccc2C)CC(C)C1. The first kappa shape index (κ1) is 10.7. The van der Waals surface area contributed by atoms with Crippen molar-refractivity contribution in [2.24, 2.45) is 5.92 Å². The molecule has 0 saturated heterocycles. The van der Waals surface area contributed by atoms with Crippen LogP contribution in [0.5, 0.6) is 0 Å². The maximum absolute atomic E-state index is 3.36. The molecule has 82 valence electrons. The highest BCUT2D eigenvalue weighted by Gasteiger charge is 2.43. The van der Waals surface area contributed by atoms with Crippen LogP contribution in [0.4, 0.5) is 0 Å². The van der Waals surface area contributed by atoms with E-state index in [0.29, 0.717) is 5.41 Å². The summed E-state index contributed by atoms with van der Waals surface area (Å²) in [6.45, 7) is 5.70. The van der Waals surface area contributed by atoms with E-state index in [4.69, 9.17) is 0 Å². The van der Waals surface area contributed by atoms with Gasteiger partial charge in [-0.05, 0) is 43.9 Å². The number of hydrogen-bond acceptors (Lipinski definition) is 1. The van der Waals surface area contributed by atoms with Crippen molar-refractivity contribution in [3.8, 4) is 0 Å². The zero-order valence-electron chi connectivity index (χ0n) is 10.0.